The summed E-state index contributed by atoms with van der Waals surface area (Å²) in [4.78, 5) is 37.7. The molecule has 1 aromatic heterocycles. The van der Waals surface area contributed by atoms with Crippen molar-refractivity contribution in [3.05, 3.63) is 34.6 Å². The first-order valence-electron chi connectivity index (χ1n) is 14.2. The highest BCUT2D eigenvalue weighted by atomic mass is 35.5. The second-order valence-electron chi connectivity index (χ2n) is 11.6. The number of amides is 2. The second kappa shape index (κ2) is 13.8. The van der Waals surface area contributed by atoms with E-state index in [0.29, 0.717) is 31.3 Å². The first-order chi connectivity index (χ1) is 20.0. The number of ether oxygens (including phenoxy) is 3. The number of rotatable bonds is 11. The molecule has 2 heterocycles. The molecule has 1 aliphatic heterocycles. The minimum Gasteiger partial charge on any atom is -0.444 e. The van der Waals surface area contributed by atoms with Gasteiger partial charge in [0.25, 0.3) is 5.91 Å². The van der Waals surface area contributed by atoms with Crippen molar-refractivity contribution < 1.29 is 23.8 Å². The molecule has 1 atom stereocenters. The Labute approximate surface area is 252 Å². The summed E-state index contributed by atoms with van der Waals surface area (Å²) in [5, 5.41) is 6.23. The maximum Gasteiger partial charge on any atom is 0.410 e. The van der Waals surface area contributed by atoms with Crippen molar-refractivity contribution in [3.63, 3.8) is 0 Å². The van der Waals surface area contributed by atoms with Crippen LogP contribution >= 0.6 is 11.6 Å². The van der Waals surface area contributed by atoms with E-state index in [2.05, 4.69) is 16.7 Å². The molecule has 42 heavy (non-hydrogen) atoms. The number of halogens is 1. The fourth-order valence-corrected chi connectivity index (χ4v) is 5.23. The highest BCUT2D eigenvalue weighted by Gasteiger charge is 2.39. The number of carbonyl (C=O) groups is 2. The summed E-state index contributed by atoms with van der Waals surface area (Å²) in [7, 11) is 1.67. The average molecular weight is 601 g/mol. The minimum absolute atomic E-state index is 0.121. The summed E-state index contributed by atoms with van der Waals surface area (Å²) in [5.74, 6) is -0.135. The van der Waals surface area contributed by atoms with E-state index < -0.39 is 17.8 Å². The van der Waals surface area contributed by atoms with Gasteiger partial charge < -0.3 is 24.0 Å². The molecule has 12 heteroatoms. The van der Waals surface area contributed by atoms with Crippen LogP contribution in [0.4, 0.5) is 4.79 Å². The zero-order chi connectivity index (χ0) is 30.4. The van der Waals surface area contributed by atoms with Crippen LogP contribution < -0.4 is 0 Å². The first kappa shape index (κ1) is 31.7. The van der Waals surface area contributed by atoms with Gasteiger partial charge in [-0.2, -0.15) is 5.10 Å². The van der Waals surface area contributed by atoms with E-state index in [9.17, 15) is 9.59 Å². The topological polar surface area (TPSA) is 111 Å². The number of aromatic nitrogens is 2. The zero-order valence-electron chi connectivity index (χ0n) is 25.1. The van der Waals surface area contributed by atoms with Crippen molar-refractivity contribution in [2.75, 3.05) is 33.4 Å². The fraction of sp³-hybridized carbons (Fsp3) is 0.567. The van der Waals surface area contributed by atoms with Crippen molar-refractivity contribution in [2.45, 2.75) is 77.8 Å². The summed E-state index contributed by atoms with van der Waals surface area (Å²) in [6, 6.07) is 4.06. The molecule has 2 aromatic rings. The zero-order valence-corrected chi connectivity index (χ0v) is 25.9. The third kappa shape index (κ3) is 7.96. The molecule has 0 spiro atoms. The lowest BCUT2D eigenvalue weighted by Crippen LogP contribution is -2.53. The predicted molar refractivity (Wildman–Crippen MR) is 164 cm³/mol. The number of benzene rings is 1. The molecule has 1 aromatic carbocycles. The van der Waals surface area contributed by atoms with Crippen LogP contribution in [0, 0.1) is 0 Å². The Kier molecular flexibility index (Phi) is 10.4. The standard InChI is InChI=1S/C30H41ClN6O5/c1-20(16-33-19-32-5)27-26-23(31)14-21(15-24(26)37(34-27)10-7-12-40-6)17-36(22-8-9-22)28(38)25-18-35(11-13-41-25)29(39)42-30(2,3)4/h14-16,19,22,25H,5,7-13,17-18H2,1-4,6H3/b20-16+,33-19?/t25-/m1/s1. The number of hydrogen-bond donors (Lipinski definition) is 0. The van der Waals surface area contributed by atoms with Crippen molar-refractivity contribution >= 4 is 53.1 Å². The molecular formula is C30H41ClN6O5. The molecule has 2 aliphatic rings. The molecule has 0 bridgehead atoms. The monoisotopic (exact) mass is 600 g/mol. The Morgan fingerprint density at radius 2 is 2.07 bits per heavy atom. The lowest BCUT2D eigenvalue weighted by Gasteiger charge is -2.36. The SMILES string of the molecule is C=NC=N/C=C(\C)c1nn(CCCOC)c2cc(CN(C(=O)[C@H]3CN(C(=O)OC(C)(C)C)CCO3)C3CC3)cc(Cl)c12. The van der Waals surface area contributed by atoms with Crippen LogP contribution in [-0.4, -0.2) is 95.8 Å². The number of aliphatic imine (C=N–C) groups is 2. The van der Waals surface area contributed by atoms with Crippen molar-refractivity contribution in [1.29, 1.82) is 0 Å². The van der Waals surface area contributed by atoms with Crippen molar-refractivity contribution in [3.8, 4) is 0 Å². The molecule has 228 valence electrons. The molecule has 11 nitrogen and oxygen atoms in total. The van der Waals surface area contributed by atoms with E-state index >= 15 is 0 Å². The summed E-state index contributed by atoms with van der Waals surface area (Å²) >= 11 is 6.90. The lowest BCUT2D eigenvalue weighted by atomic mass is 10.1. The Morgan fingerprint density at radius 1 is 1.31 bits per heavy atom. The maximum atomic E-state index is 13.8. The van der Waals surface area contributed by atoms with Gasteiger partial charge in [0.05, 0.1) is 29.4 Å². The number of nitrogens with zero attached hydrogens (tertiary/aromatic N) is 6. The molecule has 0 radical (unpaired) electrons. The van der Waals surface area contributed by atoms with Crippen molar-refractivity contribution in [2.24, 2.45) is 9.98 Å². The van der Waals surface area contributed by atoms with Gasteiger partial charge in [0.1, 0.15) is 11.9 Å². The van der Waals surface area contributed by atoms with Crippen LogP contribution in [-0.2, 0) is 32.1 Å². The van der Waals surface area contributed by atoms with Crippen LogP contribution in [0.15, 0.2) is 28.3 Å². The minimum atomic E-state index is -0.754. The van der Waals surface area contributed by atoms with Gasteiger partial charge in [0.2, 0.25) is 0 Å². The summed E-state index contributed by atoms with van der Waals surface area (Å²) in [6.07, 6.45) is 4.48. The third-order valence-corrected chi connectivity index (χ3v) is 7.29. The van der Waals surface area contributed by atoms with Crippen LogP contribution in [0.1, 0.15) is 58.2 Å². The Hall–Kier alpha value is -3.28. The molecule has 2 amide bonds. The largest absolute Gasteiger partial charge is 0.444 e. The second-order valence-corrected chi connectivity index (χ2v) is 12.0. The Morgan fingerprint density at radius 3 is 2.74 bits per heavy atom. The highest BCUT2D eigenvalue weighted by molar-refractivity contribution is 6.36. The van der Waals surface area contributed by atoms with Gasteiger partial charge >= 0.3 is 6.09 Å². The van der Waals surface area contributed by atoms with Gasteiger partial charge in [-0.25, -0.2) is 9.79 Å². The average Bonchev–Trinajstić information content (AvgIpc) is 3.72. The number of aryl methyl sites for hydroxylation is 1. The smallest absolute Gasteiger partial charge is 0.410 e. The van der Waals surface area contributed by atoms with Gasteiger partial charge in [-0.3, -0.25) is 14.5 Å². The number of allylic oxidation sites excluding steroid dienone is 1. The van der Waals surface area contributed by atoms with Gasteiger partial charge in [-0.05, 0) is 76.9 Å². The van der Waals surface area contributed by atoms with Gasteiger partial charge in [-0.1, -0.05) is 11.6 Å². The van der Waals surface area contributed by atoms with Crippen LogP contribution in [0.25, 0.3) is 16.5 Å². The predicted octanol–water partition coefficient (Wildman–Crippen LogP) is 4.94. The summed E-state index contributed by atoms with van der Waals surface area (Å²) in [6.45, 7) is 13.2. The van der Waals surface area contributed by atoms with E-state index in [1.165, 1.54) is 6.34 Å². The van der Waals surface area contributed by atoms with E-state index in [1.54, 1.807) is 18.2 Å². The van der Waals surface area contributed by atoms with Crippen LogP contribution in [0.5, 0.6) is 0 Å². The summed E-state index contributed by atoms with van der Waals surface area (Å²) in [5.41, 5.74) is 2.71. The first-order valence-corrected chi connectivity index (χ1v) is 14.6. The molecule has 1 saturated carbocycles. The number of fused-ring (bicyclic) bond motifs is 1. The van der Waals surface area contributed by atoms with Gasteiger partial charge in [0, 0.05) is 51.0 Å². The van der Waals surface area contributed by atoms with Crippen molar-refractivity contribution in [1.82, 2.24) is 19.6 Å². The normalized spacial score (nSPS) is 18.1. The number of methoxy groups -OCH3 is 1. The van der Waals surface area contributed by atoms with Crippen LogP contribution in [0.2, 0.25) is 5.02 Å². The van der Waals surface area contributed by atoms with E-state index in [4.69, 9.17) is 30.9 Å². The van der Waals surface area contributed by atoms with Gasteiger partial charge in [0.15, 0.2) is 6.10 Å². The molecule has 0 N–H and O–H groups in total. The Balaban J connectivity index is 1.60. The fourth-order valence-electron chi connectivity index (χ4n) is 4.90. The molecule has 0 unspecified atom stereocenters. The number of hydrogen-bond acceptors (Lipinski definition) is 7. The lowest BCUT2D eigenvalue weighted by molar-refractivity contribution is -0.150. The Bertz CT molecular complexity index is 1360. The molecular weight excluding hydrogens is 560 g/mol. The quantitative estimate of drug-likeness (QED) is 0.205. The molecule has 2 fully saturated rings. The number of carbonyl (C=O) groups excluding carboxylic acids is 2. The van der Waals surface area contributed by atoms with E-state index in [1.807, 2.05) is 49.4 Å². The summed E-state index contributed by atoms with van der Waals surface area (Å²) < 4.78 is 18.6. The van der Waals surface area contributed by atoms with E-state index in [-0.39, 0.29) is 25.1 Å². The van der Waals surface area contributed by atoms with E-state index in [0.717, 1.165) is 47.0 Å². The number of morpholine rings is 1. The molecule has 1 aliphatic carbocycles. The van der Waals surface area contributed by atoms with Gasteiger partial charge in [-0.15, -0.1) is 0 Å². The highest BCUT2D eigenvalue weighted by Crippen LogP contribution is 2.35. The van der Waals surface area contributed by atoms with Crippen LogP contribution in [0.3, 0.4) is 0 Å². The maximum absolute atomic E-state index is 13.8. The molecule has 4 rings (SSSR count). The third-order valence-electron chi connectivity index (χ3n) is 6.99. The molecule has 1 saturated heterocycles.